The molecule has 0 atom stereocenters. The Labute approximate surface area is 176 Å². The van der Waals surface area contributed by atoms with Gasteiger partial charge >= 0.3 is 0 Å². The summed E-state index contributed by atoms with van der Waals surface area (Å²) in [6, 6.07) is 15.2. The van der Waals surface area contributed by atoms with E-state index in [9.17, 15) is 4.79 Å². The maximum atomic E-state index is 12.3. The molecule has 1 N–H and O–H groups in total. The van der Waals surface area contributed by atoms with E-state index in [1.165, 1.54) is 18.1 Å². The van der Waals surface area contributed by atoms with Crippen molar-refractivity contribution in [2.45, 2.75) is 18.5 Å². The van der Waals surface area contributed by atoms with Gasteiger partial charge in [0, 0.05) is 10.7 Å². The first-order valence-corrected chi connectivity index (χ1v) is 10.2. The molecular weight excluding hydrogens is 408 g/mol. The van der Waals surface area contributed by atoms with Gasteiger partial charge in [-0.05, 0) is 42.3 Å². The van der Waals surface area contributed by atoms with Crippen molar-refractivity contribution in [1.82, 2.24) is 25.0 Å². The number of hydrogen-bond donors (Lipinski definition) is 1. The molecule has 7 nitrogen and oxygen atoms in total. The second-order valence-corrected chi connectivity index (χ2v) is 7.83. The number of nitrogens with one attached hydrogen (secondary N) is 1. The van der Waals surface area contributed by atoms with Crippen molar-refractivity contribution in [3.63, 3.8) is 0 Å². The predicted molar refractivity (Wildman–Crippen MR) is 114 cm³/mol. The van der Waals surface area contributed by atoms with Crippen molar-refractivity contribution in [2.24, 2.45) is 0 Å². The maximum absolute atomic E-state index is 12.3. The third-order valence-corrected chi connectivity index (χ3v) is 5.38. The lowest BCUT2D eigenvalue weighted by Crippen LogP contribution is -2.14. The minimum absolute atomic E-state index is 0.110. The summed E-state index contributed by atoms with van der Waals surface area (Å²) in [5.74, 6) is 0.102. The van der Waals surface area contributed by atoms with Crippen LogP contribution in [0.15, 0.2) is 59.9 Å². The predicted octanol–water partition coefficient (Wildman–Crippen LogP) is 3.96. The fourth-order valence-corrected chi connectivity index (χ4v) is 3.66. The van der Waals surface area contributed by atoms with Crippen LogP contribution in [0.2, 0.25) is 5.02 Å². The van der Waals surface area contributed by atoms with E-state index in [1.54, 1.807) is 4.68 Å². The summed E-state index contributed by atoms with van der Waals surface area (Å²) < 4.78 is 1.71. The quantitative estimate of drug-likeness (QED) is 0.372. The number of rotatable bonds is 6. The van der Waals surface area contributed by atoms with Gasteiger partial charge in [-0.2, -0.15) is 0 Å². The monoisotopic (exact) mass is 424 g/mol. The first kappa shape index (κ1) is 19.4. The van der Waals surface area contributed by atoms with E-state index < -0.39 is 0 Å². The van der Waals surface area contributed by atoms with Gasteiger partial charge in [0.05, 0.1) is 12.3 Å². The molecule has 0 saturated carbocycles. The zero-order valence-corrected chi connectivity index (χ0v) is 17.1. The van der Waals surface area contributed by atoms with Crippen LogP contribution in [0.3, 0.4) is 0 Å². The van der Waals surface area contributed by atoms with Gasteiger partial charge in [0.2, 0.25) is 5.91 Å². The van der Waals surface area contributed by atoms with Crippen molar-refractivity contribution in [1.29, 1.82) is 0 Å². The van der Waals surface area contributed by atoms with Gasteiger partial charge in [0.1, 0.15) is 11.4 Å². The lowest BCUT2D eigenvalue weighted by molar-refractivity contribution is -0.113. The summed E-state index contributed by atoms with van der Waals surface area (Å²) in [6.45, 7) is 2.50. The Morgan fingerprint density at radius 3 is 2.79 bits per heavy atom. The standard InChI is InChI=1S/C20H17ClN6OS/c1-13-3-2-4-16(9-13)24-17(28)11-29-20-18-19(22-12-23-20)27(26-25-18)10-14-5-7-15(21)8-6-14/h2-9,12H,10-11H2,1H3,(H,24,28). The summed E-state index contributed by atoms with van der Waals surface area (Å²) in [5, 5.41) is 12.6. The van der Waals surface area contributed by atoms with Gasteiger partial charge in [0.25, 0.3) is 0 Å². The number of thioether (sulfide) groups is 1. The van der Waals surface area contributed by atoms with Gasteiger partial charge in [-0.25, -0.2) is 14.6 Å². The molecule has 2 aromatic heterocycles. The van der Waals surface area contributed by atoms with E-state index in [1.807, 2.05) is 55.5 Å². The van der Waals surface area contributed by atoms with Gasteiger partial charge in [-0.3, -0.25) is 4.79 Å². The van der Waals surface area contributed by atoms with Crippen LogP contribution in [0, 0.1) is 6.92 Å². The van der Waals surface area contributed by atoms with Crippen LogP contribution in [-0.4, -0.2) is 36.6 Å². The minimum Gasteiger partial charge on any atom is -0.325 e. The number of aromatic nitrogens is 5. The summed E-state index contributed by atoms with van der Waals surface area (Å²) in [5.41, 5.74) is 4.10. The molecule has 4 aromatic rings. The van der Waals surface area contributed by atoms with E-state index in [0.29, 0.717) is 27.8 Å². The second-order valence-electron chi connectivity index (χ2n) is 6.43. The molecule has 0 spiro atoms. The fourth-order valence-electron chi connectivity index (χ4n) is 2.80. The first-order chi connectivity index (χ1) is 14.1. The van der Waals surface area contributed by atoms with E-state index >= 15 is 0 Å². The Hall–Kier alpha value is -2.97. The van der Waals surface area contributed by atoms with Crippen molar-refractivity contribution in [3.8, 4) is 0 Å². The summed E-state index contributed by atoms with van der Waals surface area (Å²) in [4.78, 5) is 20.9. The molecule has 2 aromatic carbocycles. The molecule has 146 valence electrons. The van der Waals surface area contributed by atoms with Crippen LogP contribution in [0.4, 0.5) is 5.69 Å². The third-order valence-electron chi connectivity index (χ3n) is 4.15. The van der Waals surface area contributed by atoms with Crippen molar-refractivity contribution in [2.75, 3.05) is 11.1 Å². The van der Waals surface area contributed by atoms with E-state index in [0.717, 1.165) is 16.8 Å². The number of aryl methyl sites for hydroxylation is 1. The number of carbonyl (C=O) groups excluding carboxylic acids is 1. The molecule has 0 bridgehead atoms. The molecular formula is C20H17ClN6OS. The van der Waals surface area contributed by atoms with E-state index in [4.69, 9.17) is 11.6 Å². The fraction of sp³-hybridized carbons (Fsp3) is 0.150. The van der Waals surface area contributed by atoms with Crippen molar-refractivity contribution in [3.05, 3.63) is 71.0 Å². The lowest BCUT2D eigenvalue weighted by atomic mass is 10.2. The molecule has 2 heterocycles. The highest BCUT2D eigenvalue weighted by molar-refractivity contribution is 8.00. The Morgan fingerprint density at radius 2 is 2.00 bits per heavy atom. The molecule has 1 amide bonds. The Kier molecular flexibility index (Phi) is 5.73. The van der Waals surface area contributed by atoms with Crippen LogP contribution in [0.25, 0.3) is 11.2 Å². The zero-order chi connectivity index (χ0) is 20.2. The molecule has 0 aliphatic carbocycles. The average Bonchev–Trinajstić information content (AvgIpc) is 3.12. The number of amides is 1. The number of hydrogen-bond acceptors (Lipinski definition) is 6. The highest BCUT2D eigenvalue weighted by atomic mass is 35.5. The van der Waals surface area contributed by atoms with Crippen LogP contribution in [-0.2, 0) is 11.3 Å². The van der Waals surface area contributed by atoms with Crippen LogP contribution in [0.1, 0.15) is 11.1 Å². The molecule has 4 rings (SSSR count). The highest BCUT2D eigenvalue weighted by Gasteiger charge is 2.14. The van der Waals surface area contributed by atoms with Crippen LogP contribution in [0.5, 0.6) is 0 Å². The molecule has 9 heteroatoms. The smallest absolute Gasteiger partial charge is 0.234 e. The van der Waals surface area contributed by atoms with Crippen LogP contribution < -0.4 is 5.32 Å². The number of halogens is 1. The number of carbonyl (C=O) groups is 1. The highest BCUT2D eigenvalue weighted by Crippen LogP contribution is 2.23. The molecule has 0 unspecified atom stereocenters. The average molecular weight is 425 g/mol. The van der Waals surface area contributed by atoms with Gasteiger partial charge < -0.3 is 5.32 Å². The van der Waals surface area contributed by atoms with E-state index in [2.05, 4.69) is 25.6 Å². The molecule has 0 radical (unpaired) electrons. The van der Waals surface area contributed by atoms with Crippen molar-refractivity contribution >= 4 is 46.1 Å². The third kappa shape index (κ3) is 4.72. The lowest BCUT2D eigenvalue weighted by Gasteiger charge is -2.06. The first-order valence-electron chi connectivity index (χ1n) is 8.86. The summed E-state index contributed by atoms with van der Waals surface area (Å²) >= 11 is 7.24. The minimum atomic E-state index is -0.110. The SMILES string of the molecule is Cc1cccc(NC(=O)CSc2ncnc3c2nnn3Cc2ccc(Cl)cc2)c1. The number of nitrogens with zero attached hydrogens (tertiary/aromatic N) is 5. The zero-order valence-electron chi connectivity index (χ0n) is 15.5. The summed E-state index contributed by atoms with van der Waals surface area (Å²) in [7, 11) is 0. The Morgan fingerprint density at radius 1 is 1.17 bits per heavy atom. The second kappa shape index (κ2) is 8.59. The number of benzene rings is 2. The number of fused-ring (bicyclic) bond motifs is 1. The number of anilines is 1. The topological polar surface area (TPSA) is 85.6 Å². The summed E-state index contributed by atoms with van der Waals surface area (Å²) in [6.07, 6.45) is 1.46. The molecule has 0 fully saturated rings. The molecule has 0 aliphatic heterocycles. The van der Waals surface area contributed by atoms with Gasteiger partial charge in [-0.1, -0.05) is 52.8 Å². The maximum Gasteiger partial charge on any atom is 0.234 e. The van der Waals surface area contributed by atoms with Gasteiger partial charge in [0.15, 0.2) is 11.2 Å². The van der Waals surface area contributed by atoms with Crippen molar-refractivity contribution < 1.29 is 4.79 Å². The largest absolute Gasteiger partial charge is 0.325 e. The normalized spacial score (nSPS) is 11.0. The molecule has 0 aliphatic rings. The van der Waals surface area contributed by atoms with Gasteiger partial charge in [-0.15, -0.1) is 5.10 Å². The van der Waals surface area contributed by atoms with E-state index in [-0.39, 0.29) is 11.7 Å². The molecule has 29 heavy (non-hydrogen) atoms. The van der Waals surface area contributed by atoms with Crippen LogP contribution >= 0.6 is 23.4 Å². The molecule has 0 saturated heterocycles. The Bertz CT molecular complexity index is 1160. The Balaban J connectivity index is 1.46.